The molecule has 2 aromatic carbocycles. The number of para-hydroxylation sites is 1. The van der Waals surface area contributed by atoms with Gasteiger partial charge < -0.3 is 13.9 Å². The lowest BCUT2D eigenvalue weighted by molar-refractivity contribution is -0.144. The third kappa shape index (κ3) is 3.74. The van der Waals surface area contributed by atoms with Gasteiger partial charge in [-0.05, 0) is 24.6 Å². The third-order valence-corrected chi connectivity index (χ3v) is 3.83. The summed E-state index contributed by atoms with van der Waals surface area (Å²) in [6, 6.07) is 13.0. The first-order valence-electron chi connectivity index (χ1n) is 8.16. The maximum absolute atomic E-state index is 13.6. The van der Waals surface area contributed by atoms with Crippen LogP contribution in [0.1, 0.15) is 28.6 Å². The van der Waals surface area contributed by atoms with Gasteiger partial charge >= 0.3 is 11.9 Å². The average Bonchev–Trinajstić information content (AvgIpc) is 3.01. The van der Waals surface area contributed by atoms with Gasteiger partial charge in [-0.2, -0.15) is 0 Å². The van der Waals surface area contributed by atoms with Crippen molar-refractivity contribution in [3.05, 3.63) is 71.2 Å². The zero-order chi connectivity index (χ0) is 18.5. The minimum atomic E-state index is -0.621. The van der Waals surface area contributed by atoms with E-state index in [-0.39, 0.29) is 31.0 Å². The van der Waals surface area contributed by atoms with Crippen molar-refractivity contribution < 1.29 is 27.9 Å². The molecule has 0 atom stereocenters. The van der Waals surface area contributed by atoms with E-state index in [1.54, 1.807) is 43.3 Å². The minimum Gasteiger partial charge on any atom is -0.460 e. The highest BCUT2D eigenvalue weighted by Gasteiger charge is 2.22. The van der Waals surface area contributed by atoms with Crippen LogP contribution in [-0.2, 0) is 27.3 Å². The second-order valence-electron chi connectivity index (χ2n) is 5.56. The van der Waals surface area contributed by atoms with E-state index in [4.69, 9.17) is 13.9 Å². The SMILES string of the molecule is CCOC(=O)c1oc2ccccc2c1COC(=O)Cc1ccccc1F. The molecule has 26 heavy (non-hydrogen) atoms. The number of esters is 2. The van der Waals surface area contributed by atoms with Crippen LogP contribution in [0.2, 0.25) is 0 Å². The molecule has 3 rings (SSSR count). The van der Waals surface area contributed by atoms with Crippen molar-refractivity contribution in [2.45, 2.75) is 20.0 Å². The molecule has 0 radical (unpaired) electrons. The van der Waals surface area contributed by atoms with Crippen molar-refractivity contribution in [1.29, 1.82) is 0 Å². The van der Waals surface area contributed by atoms with E-state index in [2.05, 4.69) is 0 Å². The van der Waals surface area contributed by atoms with Gasteiger partial charge in [-0.1, -0.05) is 36.4 Å². The zero-order valence-corrected chi connectivity index (χ0v) is 14.2. The van der Waals surface area contributed by atoms with Gasteiger partial charge in [0, 0.05) is 5.39 Å². The lowest BCUT2D eigenvalue weighted by Crippen LogP contribution is -2.11. The summed E-state index contributed by atoms with van der Waals surface area (Å²) in [5, 5.41) is 0.661. The molecule has 0 aliphatic carbocycles. The molecular weight excluding hydrogens is 339 g/mol. The van der Waals surface area contributed by atoms with Crippen molar-refractivity contribution in [2.75, 3.05) is 6.61 Å². The quantitative estimate of drug-likeness (QED) is 0.624. The Morgan fingerprint density at radius 2 is 1.77 bits per heavy atom. The maximum atomic E-state index is 13.6. The molecule has 0 unspecified atom stereocenters. The monoisotopic (exact) mass is 356 g/mol. The number of carbonyl (C=O) groups is 2. The standard InChI is InChI=1S/C20H17FO5/c1-2-24-20(23)19-15(14-8-4-6-10-17(14)26-19)12-25-18(22)11-13-7-3-5-9-16(13)21/h3-10H,2,11-12H2,1H3. The van der Waals surface area contributed by atoms with Gasteiger partial charge in [-0.15, -0.1) is 0 Å². The van der Waals surface area contributed by atoms with Gasteiger partial charge in [0.1, 0.15) is 18.0 Å². The predicted molar refractivity (Wildman–Crippen MR) is 92.1 cm³/mol. The summed E-state index contributed by atoms with van der Waals surface area (Å²) in [6.45, 7) is 1.72. The number of carbonyl (C=O) groups excluding carboxylic acids is 2. The largest absolute Gasteiger partial charge is 0.460 e. The second-order valence-corrected chi connectivity index (χ2v) is 5.56. The molecule has 0 spiro atoms. The lowest BCUT2D eigenvalue weighted by atomic mass is 10.1. The summed E-state index contributed by atoms with van der Waals surface area (Å²) in [7, 11) is 0. The number of furan rings is 1. The molecule has 0 N–H and O–H groups in total. The van der Waals surface area contributed by atoms with E-state index in [1.807, 2.05) is 0 Å². The Bertz CT molecular complexity index is 944. The molecule has 0 saturated carbocycles. The lowest BCUT2D eigenvalue weighted by Gasteiger charge is -2.06. The molecule has 0 bridgehead atoms. The van der Waals surface area contributed by atoms with E-state index in [9.17, 15) is 14.0 Å². The summed E-state index contributed by atoms with van der Waals surface area (Å²) in [5.41, 5.74) is 1.18. The molecule has 134 valence electrons. The van der Waals surface area contributed by atoms with Crippen molar-refractivity contribution in [3.63, 3.8) is 0 Å². The van der Waals surface area contributed by atoms with Gasteiger partial charge in [0.05, 0.1) is 18.6 Å². The smallest absolute Gasteiger partial charge is 0.374 e. The van der Waals surface area contributed by atoms with Crippen molar-refractivity contribution in [1.82, 2.24) is 0 Å². The Labute approximate surface area is 149 Å². The molecule has 0 aliphatic heterocycles. The van der Waals surface area contributed by atoms with Crippen LogP contribution in [0.4, 0.5) is 4.39 Å². The van der Waals surface area contributed by atoms with Crippen LogP contribution in [-0.4, -0.2) is 18.5 Å². The molecule has 1 aromatic heterocycles. The van der Waals surface area contributed by atoms with Crippen LogP contribution in [0.5, 0.6) is 0 Å². The van der Waals surface area contributed by atoms with Gasteiger partial charge in [-0.3, -0.25) is 4.79 Å². The molecule has 3 aromatic rings. The molecule has 1 heterocycles. The number of hydrogen-bond acceptors (Lipinski definition) is 5. The number of ether oxygens (including phenoxy) is 2. The van der Waals surface area contributed by atoms with E-state index < -0.39 is 17.8 Å². The van der Waals surface area contributed by atoms with Crippen molar-refractivity contribution in [3.8, 4) is 0 Å². The summed E-state index contributed by atoms with van der Waals surface area (Å²) >= 11 is 0. The number of halogens is 1. The van der Waals surface area contributed by atoms with Gasteiger partial charge in [-0.25, -0.2) is 9.18 Å². The fraction of sp³-hybridized carbons (Fsp3) is 0.200. The molecule has 0 aliphatic rings. The molecule has 5 nitrogen and oxygen atoms in total. The number of fused-ring (bicyclic) bond motifs is 1. The highest BCUT2D eigenvalue weighted by Crippen LogP contribution is 2.27. The number of rotatable bonds is 6. The number of hydrogen-bond donors (Lipinski definition) is 0. The normalized spacial score (nSPS) is 10.7. The Morgan fingerprint density at radius 3 is 2.54 bits per heavy atom. The summed E-state index contributed by atoms with van der Waals surface area (Å²) < 4.78 is 29.4. The van der Waals surface area contributed by atoms with E-state index in [0.29, 0.717) is 16.5 Å². The Balaban J connectivity index is 1.79. The van der Waals surface area contributed by atoms with E-state index in [1.165, 1.54) is 12.1 Å². The van der Waals surface area contributed by atoms with Gasteiger partial charge in [0.15, 0.2) is 0 Å². The van der Waals surface area contributed by atoms with Crippen LogP contribution in [0, 0.1) is 5.82 Å². The average molecular weight is 356 g/mol. The Morgan fingerprint density at radius 1 is 1.04 bits per heavy atom. The van der Waals surface area contributed by atoms with E-state index in [0.717, 1.165) is 0 Å². The first-order valence-corrected chi connectivity index (χ1v) is 8.16. The Kier molecular flexibility index (Phi) is 5.31. The van der Waals surface area contributed by atoms with Gasteiger partial charge in [0.25, 0.3) is 0 Å². The molecule has 0 fully saturated rings. The first-order chi connectivity index (χ1) is 12.6. The summed E-state index contributed by atoms with van der Waals surface area (Å²) in [6.07, 6.45) is -0.197. The fourth-order valence-electron chi connectivity index (χ4n) is 2.60. The fourth-order valence-corrected chi connectivity index (χ4v) is 2.60. The Hall–Kier alpha value is -3.15. The van der Waals surface area contributed by atoms with Gasteiger partial charge in [0.2, 0.25) is 5.76 Å². The maximum Gasteiger partial charge on any atom is 0.374 e. The number of benzene rings is 2. The third-order valence-electron chi connectivity index (χ3n) is 3.83. The van der Waals surface area contributed by atoms with Crippen molar-refractivity contribution >= 4 is 22.9 Å². The highest BCUT2D eigenvalue weighted by molar-refractivity contribution is 5.96. The highest BCUT2D eigenvalue weighted by atomic mass is 19.1. The molecule has 6 heteroatoms. The van der Waals surface area contributed by atoms with Crippen LogP contribution in [0.25, 0.3) is 11.0 Å². The van der Waals surface area contributed by atoms with Crippen LogP contribution < -0.4 is 0 Å². The van der Waals surface area contributed by atoms with Crippen LogP contribution in [0.15, 0.2) is 52.9 Å². The molecule has 0 saturated heterocycles. The second kappa shape index (κ2) is 7.82. The summed E-state index contributed by atoms with van der Waals surface area (Å²) in [4.78, 5) is 24.2. The topological polar surface area (TPSA) is 65.7 Å². The zero-order valence-electron chi connectivity index (χ0n) is 14.2. The predicted octanol–water partition coefficient (Wildman–Crippen LogP) is 4.03. The van der Waals surface area contributed by atoms with E-state index >= 15 is 0 Å². The van der Waals surface area contributed by atoms with Crippen LogP contribution in [0.3, 0.4) is 0 Å². The molecule has 0 amide bonds. The first kappa shape index (κ1) is 17.7. The van der Waals surface area contributed by atoms with Crippen LogP contribution >= 0.6 is 0 Å². The summed E-state index contributed by atoms with van der Waals surface area (Å²) in [5.74, 6) is -1.68. The minimum absolute atomic E-state index is 0.00624. The molecular formula is C20H17FO5. The van der Waals surface area contributed by atoms with Crippen molar-refractivity contribution in [2.24, 2.45) is 0 Å².